The highest BCUT2D eigenvalue weighted by Crippen LogP contribution is 2.20. The van der Waals surface area contributed by atoms with Crippen LogP contribution < -0.4 is 0 Å². The molecule has 2 saturated heterocycles. The van der Waals surface area contributed by atoms with E-state index in [-0.39, 0.29) is 11.8 Å². The zero-order chi connectivity index (χ0) is 9.97. The summed E-state index contributed by atoms with van der Waals surface area (Å²) in [6.45, 7) is 4.22. The van der Waals surface area contributed by atoms with Gasteiger partial charge in [0.25, 0.3) is 0 Å². The van der Waals surface area contributed by atoms with Gasteiger partial charge in [0, 0.05) is 19.1 Å². The maximum atomic E-state index is 11.3. The predicted molar refractivity (Wildman–Crippen MR) is 56.5 cm³/mol. The van der Waals surface area contributed by atoms with Crippen LogP contribution in [0.25, 0.3) is 0 Å². The van der Waals surface area contributed by atoms with Gasteiger partial charge in [-0.15, -0.1) is 11.6 Å². The SMILES string of the molecule is O=C(CCl)N1CCC(N2CCCC2)C1. The monoisotopic (exact) mass is 216 g/mol. The Kier molecular flexibility index (Phi) is 3.29. The molecule has 80 valence electrons. The largest absolute Gasteiger partial charge is 0.340 e. The number of carbonyl (C=O) groups is 1. The number of hydrogen-bond acceptors (Lipinski definition) is 2. The fourth-order valence-corrected chi connectivity index (χ4v) is 2.63. The van der Waals surface area contributed by atoms with Crippen molar-refractivity contribution in [2.45, 2.75) is 25.3 Å². The van der Waals surface area contributed by atoms with Gasteiger partial charge in [-0.2, -0.15) is 0 Å². The molecule has 2 fully saturated rings. The van der Waals surface area contributed by atoms with Crippen LogP contribution in [0.1, 0.15) is 19.3 Å². The molecule has 1 unspecified atom stereocenters. The first-order valence-corrected chi connectivity index (χ1v) is 5.92. The molecule has 0 aliphatic carbocycles. The number of carbonyl (C=O) groups excluding carboxylic acids is 1. The van der Waals surface area contributed by atoms with E-state index in [1.807, 2.05) is 4.90 Å². The third-order valence-electron chi connectivity index (χ3n) is 3.29. The van der Waals surface area contributed by atoms with Crippen LogP contribution >= 0.6 is 11.6 Å². The second kappa shape index (κ2) is 4.49. The van der Waals surface area contributed by atoms with E-state index in [2.05, 4.69) is 4.90 Å². The standard InChI is InChI=1S/C10H17ClN2O/c11-7-10(14)13-6-3-9(8-13)12-4-1-2-5-12/h9H,1-8H2. The van der Waals surface area contributed by atoms with Gasteiger partial charge in [0.05, 0.1) is 0 Å². The first kappa shape index (κ1) is 10.2. The van der Waals surface area contributed by atoms with Crippen LogP contribution in [0.3, 0.4) is 0 Å². The lowest BCUT2D eigenvalue weighted by atomic mass is 10.2. The molecule has 1 amide bonds. The van der Waals surface area contributed by atoms with Crippen molar-refractivity contribution >= 4 is 17.5 Å². The van der Waals surface area contributed by atoms with Gasteiger partial charge in [-0.3, -0.25) is 9.69 Å². The Morgan fingerprint density at radius 2 is 2.00 bits per heavy atom. The average molecular weight is 217 g/mol. The Morgan fingerprint density at radius 1 is 1.29 bits per heavy atom. The molecule has 0 N–H and O–H groups in total. The van der Waals surface area contributed by atoms with Crippen LogP contribution in [0.2, 0.25) is 0 Å². The molecule has 0 saturated carbocycles. The van der Waals surface area contributed by atoms with E-state index in [9.17, 15) is 4.79 Å². The summed E-state index contributed by atoms with van der Waals surface area (Å²) >= 11 is 5.53. The Balaban J connectivity index is 1.84. The molecule has 0 aromatic heterocycles. The van der Waals surface area contributed by atoms with Crippen molar-refractivity contribution < 1.29 is 4.79 Å². The number of amides is 1. The van der Waals surface area contributed by atoms with Crippen molar-refractivity contribution in [1.29, 1.82) is 0 Å². The summed E-state index contributed by atoms with van der Waals surface area (Å²) < 4.78 is 0. The Bertz CT molecular complexity index is 216. The molecule has 2 rings (SSSR count). The van der Waals surface area contributed by atoms with Crippen LogP contribution in [0.4, 0.5) is 0 Å². The van der Waals surface area contributed by atoms with Crippen molar-refractivity contribution in [3.63, 3.8) is 0 Å². The molecular formula is C10H17ClN2O. The normalized spacial score (nSPS) is 28.6. The topological polar surface area (TPSA) is 23.6 Å². The highest BCUT2D eigenvalue weighted by Gasteiger charge is 2.30. The number of likely N-dealkylation sites (tertiary alicyclic amines) is 2. The lowest BCUT2D eigenvalue weighted by Gasteiger charge is -2.23. The number of halogens is 1. The number of hydrogen-bond donors (Lipinski definition) is 0. The third-order valence-corrected chi connectivity index (χ3v) is 3.52. The van der Waals surface area contributed by atoms with Crippen molar-refractivity contribution in [3.05, 3.63) is 0 Å². The number of rotatable bonds is 2. The van der Waals surface area contributed by atoms with E-state index in [4.69, 9.17) is 11.6 Å². The van der Waals surface area contributed by atoms with Crippen LogP contribution in [0.5, 0.6) is 0 Å². The number of nitrogens with zero attached hydrogens (tertiary/aromatic N) is 2. The molecule has 0 bridgehead atoms. The summed E-state index contributed by atoms with van der Waals surface area (Å²) in [5, 5.41) is 0. The minimum absolute atomic E-state index is 0.0911. The predicted octanol–water partition coefficient (Wildman–Crippen LogP) is 0.922. The van der Waals surface area contributed by atoms with E-state index in [0.717, 1.165) is 19.5 Å². The van der Waals surface area contributed by atoms with Crippen molar-refractivity contribution in [2.75, 3.05) is 32.1 Å². The summed E-state index contributed by atoms with van der Waals surface area (Å²) in [5.74, 6) is 0.223. The van der Waals surface area contributed by atoms with Gasteiger partial charge >= 0.3 is 0 Å². The maximum absolute atomic E-state index is 11.3. The maximum Gasteiger partial charge on any atom is 0.237 e. The van der Waals surface area contributed by atoms with Gasteiger partial charge in [0.15, 0.2) is 0 Å². The Labute approximate surface area is 90.0 Å². The molecule has 0 spiro atoms. The average Bonchev–Trinajstić information content (AvgIpc) is 2.86. The lowest BCUT2D eigenvalue weighted by molar-refractivity contribution is -0.127. The Hall–Kier alpha value is -0.280. The van der Waals surface area contributed by atoms with Gasteiger partial charge in [0.2, 0.25) is 5.91 Å². The van der Waals surface area contributed by atoms with E-state index < -0.39 is 0 Å². The minimum Gasteiger partial charge on any atom is -0.340 e. The zero-order valence-electron chi connectivity index (χ0n) is 8.41. The summed E-state index contributed by atoms with van der Waals surface area (Å²) in [7, 11) is 0. The van der Waals surface area contributed by atoms with E-state index in [1.54, 1.807) is 0 Å². The van der Waals surface area contributed by atoms with Gasteiger partial charge in [-0.1, -0.05) is 0 Å². The molecule has 2 heterocycles. The summed E-state index contributed by atoms with van der Waals surface area (Å²) in [5.41, 5.74) is 0. The second-order valence-electron chi connectivity index (χ2n) is 4.16. The van der Waals surface area contributed by atoms with Crippen LogP contribution in [0.15, 0.2) is 0 Å². The first-order chi connectivity index (χ1) is 6.81. The van der Waals surface area contributed by atoms with Gasteiger partial charge in [-0.25, -0.2) is 0 Å². The molecule has 0 aromatic carbocycles. The van der Waals surface area contributed by atoms with Crippen molar-refractivity contribution in [3.8, 4) is 0 Å². The quantitative estimate of drug-likeness (QED) is 0.641. The van der Waals surface area contributed by atoms with E-state index >= 15 is 0 Å². The highest BCUT2D eigenvalue weighted by molar-refractivity contribution is 6.27. The Morgan fingerprint density at radius 3 is 2.64 bits per heavy atom. The smallest absolute Gasteiger partial charge is 0.237 e. The first-order valence-electron chi connectivity index (χ1n) is 5.39. The molecule has 14 heavy (non-hydrogen) atoms. The lowest BCUT2D eigenvalue weighted by Crippen LogP contribution is -2.37. The van der Waals surface area contributed by atoms with Gasteiger partial charge < -0.3 is 4.90 Å². The van der Waals surface area contributed by atoms with E-state index in [0.29, 0.717) is 6.04 Å². The molecule has 0 aromatic rings. The molecule has 2 aliphatic heterocycles. The number of alkyl halides is 1. The second-order valence-corrected chi connectivity index (χ2v) is 4.43. The van der Waals surface area contributed by atoms with Crippen molar-refractivity contribution in [2.24, 2.45) is 0 Å². The van der Waals surface area contributed by atoms with Gasteiger partial charge in [0.1, 0.15) is 5.88 Å². The third kappa shape index (κ3) is 2.04. The summed E-state index contributed by atoms with van der Waals surface area (Å²) in [6.07, 6.45) is 3.77. The van der Waals surface area contributed by atoms with Crippen LogP contribution in [-0.2, 0) is 4.79 Å². The van der Waals surface area contributed by atoms with E-state index in [1.165, 1.54) is 25.9 Å². The van der Waals surface area contributed by atoms with Crippen LogP contribution in [-0.4, -0.2) is 53.8 Å². The molecule has 3 nitrogen and oxygen atoms in total. The fraction of sp³-hybridized carbons (Fsp3) is 0.900. The molecule has 0 radical (unpaired) electrons. The summed E-state index contributed by atoms with van der Waals surface area (Å²) in [6, 6.07) is 0.602. The zero-order valence-corrected chi connectivity index (χ0v) is 9.17. The van der Waals surface area contributed by atoms with Crippen LogP contribution in [0, 0.1) is 0 Å². The van der Waals surface area contributed by atoms with Gasteiger partial charge in [-0.05, 0) is 32.4 Å². The molecule has 4 heteroatoms. The summed E-state index contributed by atoms with van der Waals surface area (Å²) in [4.78, 5) is 15.8. The molecule has 1 atom stereocenters. The van der Waals surface area contributed by atoms with Crippen molar-refractivity contribution in [1.82, 2.24) is 9.80 Å². The minimum atomic E-state index is 0.0911. The molecular weight excluding hydrogens is 200 g/mol. The highest BCUT2D eigenvalue weighted by atomic mass is 35.5. The fourth-order valence-electron chi connectivity index (χ4n) is 2.46. The molecule has 2 aliphatic rings.